The first-order valence-electron chi connectivity index (χ1n) is 5.34. The normalized spacial score (nSPS) is 20.9. The van der Waals surface area contributed by atoms with E-state index in [0.717, 1.165) is 30.5 Å². The van der Waals surface area contributed by atoms with Crippen LogP contribution in [0.1, 0.15) is 24.0 Å². The monoisotopic (exact) mass is 211 g/mol. The molecule has 1 aromatic rings. The maximum Gasteiger partial charge on any atom is 0.159 e. The maximum atomic E-state index is 13.0. The van der Waals surface area contributed by atoms with Gasteiger partial charge in [-0.15, -0.1) is 0 Å². The van der Waals surface area contributed by atoms with Gasteiger partial charge in [0.2, 0.25) is 0 Å². The molecule has 0 radical (unpaired) electrons. The van der Waals surface area contributed by atoms with E-state index < -0.39 is 11.6 Å². The van der Waals surface area contributed by atoms with Crippen LogP contribution in [0.3, 0.4) is 0 Å². The molecule has 0 aliphatic carbocycles. The summed E-state index contributed by atoms with van der Waals surface area (Å²) in [5.74, 6) is -1.50. The Kier molecular flexibility index (Phi) is 3.00. The van der Waals surface area contributed by atoms with Crippen LogP contribution in [-0.2, 0) is 6.42 Å². The third kappa shape index (κ3) is 2.34. The van der Waals surface area contributed by atoms with Gasteiger partial charge >= 0.3 is 0 Å². The van der Waals surface area contributed by atoms with Crippen LogP contribution in [0.5, 0.6) is 0 Å². The first-order valence-corrected chi connectivity index (χ1v) is 5.34. The zero-order valence-electron chi connectivity index (χ0n) is 8.82. The SMILES string of the molecule is Cc1cc(F)c(F)cc1CC1CCCN1. The van der Waals surface area contributed by atoms with Crippen molar-refractivity contribution in [2.45, 2.75) is 32.2 Å². The Hall–Kier alpha value is -0.960. The van der Waals surface area contributed by atoms with E-state index in [1.54, 1.807) is 0 Å². The van der Waals surface area contributed by atoms with Gasteiger partial charge in [-0.25, -0.2) is 8.78 Å². The van der Waals surface area contributed by atoms with Crippen molar-refractivity contribution in [1.82, 2.24) is 5.32 Å². The second-order valence-electron chi connectivity index (χ2n) is 4.19. The molecule has 15 heavy (non-hydrogen) atoms. The summed E-state index contributed by atoms with van der Waals surface area (Å²) in [5, 5.41) is 3.35. The molecule has 1 nitrogen and oxygen atoms in total. The molecule has 3 heteroatoms. The lowest BCUT2D eigenvalue weighted by Crippen LogP contribution is -2.24. The minimum absolute atomic E-state index is 0.425. The summed E-state index contributed by atoms with van der Waals surface area (Å²) in [4.78, 5) is 0. The Morgan fingerprint density at radius 3 is 2.73 bits per heavy atom. The van der Waals surface area contributed by atoms with Gasteiger partial charge in [0.1, 0.15) is 0 Å². The summed E-state index contributed by atoms with van der Waals surface area (Å²) in [6.07, 6.45) is 3.09. The largest absolute Gasteiger partial charge is 0.314 e. The van der Waals surface area contributed by atoms with E-state index >= 15 is 0 Å². The van der Waals surface area contributed by atoms with E-state index in [0.29, 0.717) is 6.04 Å². The first kappa shape index (κ1) is 10.6. The minimum Gasteiger partial charge on any atom is -0.314 e. The van der Waals surface area contributed by atoms with Gasteiger partial charge in [-0.05, 0) is 56.0 Å². The van der Waals surface area contributed by atoms with Crippen molar-refractivity contribution in [3.8, 4) is 0 Å². The van der Waals surface area contributed by atoms with Crippen molar-refractivity contribution in [3.63, 3.8) is 0 Å². The van der Waals surface area contributed by atoms with E-state index in [1.807, 2.05) is 6.92 Å². The highest BCUT2D eigenvalue weighted by Crippen LogP contribution is 2.18. The topological polar surface area (TPSA) is 12.0 Å². The number of halogens is 2. The van der Waals surface area contributed by atoms with Crippen LogP contribution in [-0.4, -0.2) is 12.6 Å². The van der Waals surface area contributed by atoms with Crippen molar-refractivity contribution >= 4 is 0 Å². The van der Waals surface area contributed by atoms with Gasteiger partial charge in [0.05, 0.1) is 0 Å². The molecular formula is C12H15F2N. The fourth-order valence-corrected chi connectivity index (χ4v) is 2.10. The highest BCUT2D eigenvalue weighted by molar-refractivity contribution is 5.28. The quantitative estimate of drug-likeness (QED) is 0.792. The number of benzene rings is 1. The van der Waals surface area contributed by atoms with E-state index in [2.05, 4.69) is 5.32 Å². The number of hydrogen-bond donors (Lipinski definition) is 1. The van der Waals surface area contributed by atoms with E-state index in [-0.39, 0.29) is 0 Å². The van der Waals surface area contributed by atoms with Crippen LogP contribution in [0.2, 0.25) is 0 Å². The molecule has 1 heterocycles. The summed E-state index contributed by atoms with van der Waals surface area (Å²) < 4.78 is 25.9. The number of rotatable bonds is 2. The Morgan fingerprint density at radius 2 is 2.07 bits per heavy atom. The van der Waals surface area contributed by atoms with Gasteiger partial charge < -0.3 is 5.32 Å². The summed E-state index contributed by atoms with van der Waals surface area (Å²) in [5.41, 5.74) is 1.75. The molecule has 1 N–H and O–H groups in total. The lowest BCUT2D eigenvalue weighted by molar-refractivity contribution is 0.503. The smallest absolute Gasteiger partial charge is 0.159 e. The molecule has 1 atom stereocenters. The van der Waals surface area contributed by atoms with Crippen molar-refractivity contribution in [2.75, 3.05) is 6.54 Å². The van der Waals surface area contributed by atoms with Crippen LogP contribution in [0, 0.1) is 18.6 Å². The molecule has 1 unspecified atom stereocenters. The van der Waals surface area contributed by atoms with Crippen molar-refractivity contribution in [2.24, 2.45) is 0 Å². The van der Waals surface area contributed by atoms with Gasteiger partial charge in [-0.1, -0.05) is 0 Å². The van der Waals surface area contributed by atoms with Gasteiger partial charge in [0.15, 0.2) is 11.6 Å². The molecule has 0 saturated carbocycles. The summed E-state index contributed by atoms with van der Waals surface area (Å²) in [6.45, 7) is 2.86. The zero-order valence-corrected chi connectivity index (χ0v) is 8.82. The second-order valence-corrected chi connectivity index (χ2v) is 4.19. The molecule has 0 spiro atoms. The summed E-state index contributed by atoms with van der Waals surface area (Å²) >= 11 is 0. The minimum atomic E-state index is -0.754. The maximum absolute atomic E-state index is 13.0. The molecule has 2 rings (SSSR count). The predicted molar refractivity (Wildman–Crippen MR) is 55.8 cm³/mol. The van der Waals surface area contributed by atoms with Gasteiger partial charge in [-0.3, -0.25) is 0 Å². The molecule has 1 fully saturated rings. The molecule has 1 aromatic carbocycles. The molecule has 0 bridgehead atoms. The number of nitrogens with one attached hydrogen (secondary N) is 1. The molecule has 1 aliphatic rings. The fraction of sp³-hybridized carbons (Fsp3) is 0.500. The van der Waals surface area contributed by atoms with Gasteiger partial charge in [0.25, 0.3) is 0 Å². The van der Waals surface area contributed by atoms with Crippen LogP contribution in [0.25, 0.3) is 0 Å². The average Bonchev–Trinajstić information content (AvgIpc) is 2.67. The second kappa shape index (κ2) is 4.27. The average molecular weight is 211 g/mol. The number of aryl methyl sites for hydroxylation is 1. The molecule has 0 aromatic heterocycles. The highest BCUT2D eigenvalue weighted by Gasteiger charge is 2.16. The molecule has 0 amide bonds. The predicted octanol–water partition coefficient (Wildman–Crippen LogP) is 2.57. The molecule has 1 aliphatic heterocycles. The van der Waals surface area contributed by atoms with Crippen molar-refractivity contribution in [3.05, 3.63) is 34.9 Å². The third-order valence-electron chi connectivity index (χ3n) is 3.01. The Morgan fingerprint density at radius 1 is 1.33 bits per heavy atom. The van der Waals surface area contributed by atoms with Crippen molar-refractivity contribution < 1.29 is 8.78 Å². The lowest BCUT2D eigenvalue weighted by Gasteiger charge is -2.12. The molecule has 82 valence electrons. The van der Waals surface area contributed by atoms with Crippen molar-refractivity contribution in [1.29, 1.82) is 0 Å². The Labute approximate surface area is 88.5 Å². The Balaban J connectivity index is 2.16. The van der Waals surface area contributed by atoms with Gasteiger partial charge in [-0.2, -0.15) is 0 Å². The molecular weight excluding hydrogens is 196 g/mol. The molecule has 1 saturated heterocycles. The van der Waals surface area contributed by atoms with Gasteiger partial charge in [0, 0.05) is 6.04 Å². The zero-order chi connectivity index (χ0) is 10.8. The van der Waals surface area contributed by atoms with Crippen LogP contribution >= 0.6 is 0 Å². The summed E-state index contributed by atoms with van der Waals surface area (Å²) in [7, 11) is 0. The summed E-state index contributed by atoms with van der Waals surface area (Å²) in [6, 6.07) is 3.03. The van der Waals surface area contributed by atoms with Crippen LogP contribution < -0.4 is 5.32 Å². The van der Waals surface area contributed by atoms with E-state index in [9.17, 15) is 8.78 Å². The number of hydrogen-bond acceptors (Lipinski definition) is 1. The van der Waals surface area contributed by atoms with E-state index in [4.69, 9.17) is 0 Å². The van der Waals surface area contributed by atoms with Crippen LogP contribution in [0.15, 0.2) is 12.1 Å². The lowest BCUT2D eigenvalue weighted by atomic mass is 10.00. The highest BCUT2D eigenvalue weighted by atomic mass is 19.2. The standard InChI is InChI=1S/C12H15F2N/c1-8-5-11(13)12(14)7-9(8)6-10-3-2-4-15-10/h5,7,10,15H,2-4,6H2,1H3. The fourth-order valence-electron chi connectivity index (χ4n) is 2.10. The van der Waals surface area contributed by atoms with Crippen LogP contribution in [0.4, 0.5) is 8.78 Å². The first-order chi connectivity index (χ1) is 7.16. The Bertz CT molecular complexity index is 357. The van der Waals surface area contributed by atoms with E-state index in [1.165, 1.54) is 18.6 Å². The third-order valence-corrected chi connectivity index (χ3v) is 3.01.